The maximum atomic E-state index is 13.2. The first-order valence-corrected chi connectivity index (χ1v) is 16.0. The highest BCUT2D eigenvalue weighted by atomic mass is 35.5. The lowest BCUT2D eigenvalue weighted by atomic mass is 9.78. The van der Waals surface area contributed by atoms with Gasteiger partial charge in [-0.3, -0.25) is 14.6 Å². The number of nitrogens with zero attached hydrogens (tertiary/aromatic N) is 2. The number of aryl methyl sites for hydroxylation is 2. The molecule has 0 aromatic heterocycles. The van der Waals surface area contributed by atoms with Crippen LogP contribution in [0.1, 0.15) is 68.1 Å². The third kappa shape index (κ3) is 6.26. The Labute approximate surface area is 241 Å². The number of nitrogens with one attached hydrogen (secondary N) is 2. The maximum absolute atomic E-state index is 13.2. The van der Waals surface area contributed by atoms with E-state index in [4.69, 9.17) is 16.6 Å². The molecule has 2 fully saturated rings. The Kier molecular flexibility index (Phi) is 8.36. The van der Waals surface area contributed by atoms with Crippen molar-refractivity contribution in [3.8, 4) is 0 Å². The van der Waals surface area contributed by atoms with E-state index in [1.54, 1.807) is 6.07 Å². The molecular formula is C30H37ClN4O4S. The zero-order chi connectivity index (χ0) is 28.5. The number of benzene rings is 2. The summed E-state index contributed by atoms with van der Waals surface area (Å²) >= 11 is 6.04. The van der Waals surface area contributed by atoms with Crippen molar-refractivity contribution in [2.75, 3.05) is 24.2 Å². The molecule has 5 rings (SSSR count). The van der Waals surface area contributed by atoms with Gasteiger partial charge in [-0.2, -0.15) is 0 Å². The quantitative estimate of drug-likeness (QED) is 0.486. The first-order chi connectivity index (χ1) is 19.0. The Bertz CT molecular complexity index is 1410. The van der Waals surface area contributed by atoms with E-state index in [0.717, 1.165) is 47.7 Å². The van der Waals surface area contributed by atoms with Crippen molar-refractivity contribution >= 4 is 45.0 Å². The molecule has 1 spiro atoms. The summed E-state index contributed by atoms with van der Waals surface area (Å²) < 4.78 is 27.9. The van der Waals surface area contributed by atoms with Crippen LogP contribution in [0.25, 0.3) is 0 Å². The van der Waals surface area contributed by atoms with Gasteiger partial charge in [-0.15, -0.1) is 0 Å². The van der Waals surface area contributed by atoms with E-state index in [-0.39, 0.29) is 36.6 Å². The molecule has 2 aliphatic heterocycles. The molecule has 214 valence electrons. The normalized spacial score (nSPS) is 23.1. The molecule has 0 unspecified atom stereocenters. The second-order valence-electron chi connectivity index (χ2n) is 11.4. The number of aliphatic imine (C=N–C) groups is 1. The zero-order valence-electron chi connectivity index (χ0n) is 23.1. The molecule has 2 aromatic rings. The van der Waals surface area contributed by atoms with Crippen LogP contribution in [0.3, 0.4) is 0 Å². The molecule has 10 heteroatoms. The Morgan fingerprint density at radius 2 is 1.73 bits per heavy atom. The van der Waals surface area contributed by atoms with Gasteiger partial charge in [0.2, 0.25) is 15.9 Å². The highest BCUT2D eigenvalue weighted by molar-refractivity contribution is 7.89. The number of anilines is 1. The minimum absolute atomic E-state index is 0.00209. The van der Waals surface area contributed by atoms with Gasteiger partial charge in [0.15, 0.2) is 0 Å². The predicted octanol–water partition coefficient (Wildman–Crippen LogP) is 4.82. The lowest BCUT2D eigenvalue weighted by Gasteiger charge is -2.34. The molecule has 40 heavy (non-hydrogen) atoms. The lowest BCUT2D eigenvalue weighted by Crippen LogP contribution is -2.51. The number of piperidine rings is 1. The predicted molar refractivity (Wildman–Crippen MR) is 158 cm³/mol. The number of sulfonamides is 1. The average molecular weight is 585 g/mol. The SMILES string of the molecule is CC(=O)Nc1ccc(CCS(=O)(=O)N2CCC3(CC2)N=C(C2CCC(c4ccc(Cl)cc4)CC2)NC3=O)c(C)c1. The number of halogens is 1. The molecule has 3 aliphatic rings. The van der Waals surface area contributed by atoms with Gasteiger partial charge in [0.25, 0.3) is 5.91 Å². The third-order valence-corrected chi connectivity index (χ3v) is 10.8. The van der Waals surface area contributed by atoms with Crippen molar-refractivity contribution in [2.45, 2.75) is 70.3 Å². The molecule has 1 saturated carbocycles. The number of amides is 2. The minimum atomic E-state index is -3.49. The molecule has 2 aromatic carbocycles. The summed E-state index contributed by atoms with van der Waals surface area (Å²) in [6.45, 7) is 3.94. The van der Waals surface area contributed by atoms with E-state index in [0.29, 0.717) is 30.9 Å². The minimum Gasteiger partial charge on any atom is -0.326 e. The molecule has 2 heterocycles. The molecule has 1 aliphatic carbocycles. The smallest absolute Gasteiger partial charge is 0.253 e. The van der Waals surface area contributed by atoms with Gasteiger partial charge in [-0.05, 0) is 98.7 Å². The van der Waals surface area contributed by atoms with Crippen LogP contribution in [-0.4, -0.2) is 54.8 Å². The van der Waals surface area contributed by atoms with Crippen LogP contribution in [0.4, 0.5) is 5.69 Å². The fourth-order valence-corrected chi connectivity index (χ4v) is 7.87. The van der Waals surface area contributed by atoms with Gasteiger partial charge >= 0.3 is 0 Å². The number of rotatable bonds is 7. The maximum Gasteiger partial charge on any atom is 0.253 e. The van der Waals surface area contributed by atoms with Crippen molar-refractivity contribution in [2.24, 2.45) is 10.9 Å². The van der Waals surface area contributed by atoms with Crippen molar-refractivity contribution in [1.82, 2.24) is 9.62 Å². The molecule has 0 bridgehead atoms. The molecular weight excluding hydrogens is 548 g/mol. The standard InChI is InChI=1S/C30H37ClN4O4S/c1-20-19-27(32-21(2)36)12-9-22(20)13-18-40(38,39)35-16-14-30(15-17-35)29(37)33-28(34-30)25-5-3-23(4-6-25)24-7-10-26(31)11-8-24/h7-12,19,23,25H,3-6,13-18H2,1-2H3,(H,32,36)(H,33,34,37). The fraction of sp³-hybridized carbons (Fsp3) is 0.500. The van der Waals surface area contributed by atoms with Crippen molar-refractivity contribution in [1.29, 1.82) is 0 Å². The molecule has 2 amide bonds. The van der Waals surface area contributed by atoms with Gasteiger partial charge < -0.3 is 10.6 Å². The third-order valence-electron chi connectivity index (χ3n) is 8.69. The number of carbonyl (C=O) groups excluding carboxylic acids is 2. The number of amidine groups is 1. The molecule has 8 nitrogen and oxygen atoms in total. The second kappa shape index (κ2) is 11.6. The highest BCUT2D eigenvalue weighted by Crippen LogP contribution is 2.39. The summed E-state index contributed by atoms with van der Waals surface area (Å²) in [6, 6.07) is 13.6. The van der Waals surface area contributed by atoms with E-state index in [2.05, 4.69) is 22.8 Å². The van der Waals surface area contributed by atoms with Gasteiger partial charge in [-0.1, -0.05) is 29.8 Å². The number of hydrogen-bond donors (Lipinski definition) is 2. The van der Waals surface area contributed by atoms with E-state index in [1.165, 1.54) is 16.8 Å². The highest BCUT2D eigenvalue weighted by Gasteiger charge is 2.48. The first-order valence-electron chi connectivity index (χ1n) is 14.1. The monoisotopic (exact) mass is 584 g/mol. The molecule has 0 radical (unpaired) electrons. The van der Waals surface area contributed by atoms with Crippen LogP contribution >= 0.6 is 11.6 Å². The van der Waals surface area contributed by atoms with E-state index >= 15 is 0 Å². The van der Waals surface area contributed by atoms with Crippen LogP contribution in [0.2, 0.25) is 5.02 Å². The number of hydrogen-bond acceptors (Lipinski definition) is 5. The summed E-state index contributed by atoms with van der Waals surface area (Å²) in [5.74, 6) is 1.27. The summed E-state index contributed by atoms with van der Waals surface area (Å²) in [4.78, 5) is 29.3. The Balaban J connectivity index is 1.16. The van der Waals surface area contributed by atoms with Gasteiger partial charge in [-0.25, -0.2) is 12.7 Å². The fourth-order valence-electron chi connectivity index (χ4n) is 6.27. The molecule has 1 saturated heterocycles. The largest absolute Gasteiger partial charge is 0.326 e. The van der Waals surface area contributed by atoms with Crippen molar-refractivity contribution in [3.05, 3.63) is 64.2 Å². The van der Waals surface area contributed by atoms with Gasteiger partial charge in [0.1, 0.15) is 11.4 Å². The Morgan fingerprint density at radius 1 is 1.07 bits per heavy atom. The van der Waals surface area contributed by atoms with Gasteiger partial charge in [0.05, 0.1) is 5.75 Å². The zero-order valence-corrected chi connectivity index (χ0v) is 24.7. The van der Waals surface area contributed by atoms with Crippen LogP contribution in [0.5, 0.6) is 0 Å². The van der Waals surface area contributed by atoms with Crippen LogP contribution < -0.4 is 10.6 Å². The second-order valence-corrected chi connectivity index (χ2v) is 13.9. The lowest BCUT2D eigenvalue weighted by molar-refractivity contribution is -0.125. The summed E-state index contributed by atoms with van der Waals surface area (Å²) in [7, 11) is -3.49. The van der Waals surface area contributed by atoms with E-state index in [9.17, 15) is 18.0 Å². The Morgan fingerprint density at radius 3 is 2.35 bits per heavy atom. The van der Waals surface area contributed by atoms with Crippen LogP contribution in [-0.2, 0) is 26.0 Å². The van der Waals surface area contributed by atoms with Crippen LogP contribution in [0, 0.1) is 12.8 Å². The van der Waals surface area contributed by atoms with E-state index < -0.39 is 15.6 Å². The first kappa shape index (κ1) is 28.8. The molecule has 0 atom stereocenters. The molecule has 2 N–H and O–H groups in total. The van der Waals surface area contributed by atoms with E-state index in [1.807, 2.05) is 31.2 Å². The van der Waals surface area contributed by atoms with Gasteiger partial charge in [0, 0.05) is 36.6 Å². The number of carbonyl (C=O) groups is 2. The van der Waals surface area contributed by atoms with Crippen molar-refractivity contribution in [3.63, 3.8) is 0 Å². The topological polar surface area (TPSA) is 108 Å². The van der Waals surface area contributed by atoms with Crippen molar-refractivity contribution < 1.29 is 18.0 Å². The Hall–Kier alpha value is -2.75. The van der Waals surface area contributed by atoms with Crippen LogP contribution in [0.15, 0.2) is 47.5 Å². The summed E-state index contributed by atoms with van der Waals surface area (Å²) in [5.41, 5.74) is 3.02. The summed E-state index contributed by atoms with van der Waals surface area (Å²) in [5, 5.41) is 6.56. The summed E-state index contributed by atoms with van der Waals surface area (Å²) in [6.07, 6.45) is 5.18. The average Bonchev–Trinajstić information content (AvgIpc) is 3.23.